The van der Waals surface area contributed by atoms with Crippen molar-refractivity contribution in [2.45, 2.75) is 5.41 Å². The standard InChI is InChI=1S/C11H12N2O2S/c14-5-11(6-15-7-11)9-4-16-10(13-9)8-1-2-12-3-8/h1-4,12,14H,5-7H2. The lowest BCUT2D eigenvalue weighted by atomic mass is 9.84. The van der Waals surface area contributed by atoms with Crippen LogP contribution in [0, 0.1) is 0 Å². The summed E-state index contributed by atoms with van der Waals surface area (Å²) >= 11 is 1.60. The molecule has 4 nitrogen and oxygen atoms in total. The number of hydrogen-bond donors (Lipinski definition) is 2. The Morgan fingerprint density at radius 2 is 2.44 bits per heavy atom. The summed E-state index contributed by atoms with van der Waals surface area (Å²) in [6.45, 7) is 1.24. The van der Waals surface area contributed by atoms with Gasteiger partial charge in [0, 0.05) is 23.3 Å². The van der Waals surface area contributed by atoms with Gasteiger partial charge < -0.3 is 14.8 Å². The summed E-state index contributed by atoms with van der Waals surface area (Å²) in [5, 5.41) is 12.4. The highest BCUT2D eigenvalue weighted by Gasteiger charge is 2.42. The topological polar surface area (TPSA) is 58.1 Å². The fourth-order valence-corrected chi connectivity index (χ4v) is 2.72. The zero-order chi connectivity index (χ0) is 11.0. The van der Waals surface area contributed by atoms with Crippen molar-refractivity contribution in [3.63, 3.8) is 0 Å². The maximum atomic E-state index is 9.41. The lowest BCUT2D eigenvalue weighted by Gasteiger charge is -2.38. The summed E-state index contributed by atoms with van der Waals surface area (Å²) in [5.41, 5.74) is 1.78. The highest BCUT2D eigenvalue weighted by atomic mass is 32.1. The molecule has 0 unspecified atom stereocenters. The molecule has 1 aliphatic rings. The minimum atomic E-state index is -0.259. The summed E-state index contributed by atoms with van der Waals surface area (Å²) in [5.74, 6) is 0. The van der Waals surface area contributed by atoms with Gasteiger partial charge in [0.1, 0.15) is 5.01 Å². The van der Waals surface area contributed by atoms with Crippen molar-refractivity contribution in [3.8, 4) is 10.6 Å². The minimum absolute atomic E-state index is 0.101. The van der Waals surface area contributed by atoms with E-state index in [1.165, 1.54) is 0 Å². The molecule has 2 aromatic rings. The molecule has 0 aromatic carbocycles. The molecule has 0 bridgehead atoms. The van der Waals surface area contributed by atoms with Gasteiger partial charge in [-0.25, -0.2) is 4.98 Å². The molecule has 1 fully saturated rings. The van der Waals surface area contributed by atoms with E-state index in [9.17, 15) is 5.11 Å². The van der Waals surface area contributed by atoms with Gasteiger partial charge in [0.15, 0.2) is 0 Å². The molecule has 0 radical (unpaired) electrons. The van der Waals surface area contributed by atoms with E-state index < -0.39 is 0 Å². The first-order chi connectivity index (χ1) is 7.84. The van der Waals surface area contributed by atoms with Crippen LogP contribution < -0.4 is 0 Å². The first-order valence-corrected chi connectivity index (χ1v) is 6.00. The van der Waals surface area contributed by atoms with Crippen molar-refractivity contribution in [3.05, 3.63) is 29.5 Å². The van der Waals surface area contributed by atoms with Crippen molar-refractivity contribution in [2.24, 2.45) is 0 Å². The summed E-state index contributed by atoms with van der Waals surface area (Å²) < 4.78 is 5.18. The second-order valence-electron chi connectivity index (χ2n) is 4.07. The predicted octanol–water partition coefficient (Wildman–Crippen LogP) is 1.40. The van der Waals surface area contributed by atoms with Gasteiger partial charge in [-0.3, -0.25) is 0 Å². The zero-order valence-electron chi connectivity index (χ0n) is 8.64. The summed E-state index contributed by atoms with van der Waals surface area (Å²) in [4.78, 5) is 7.59. The number of rotatable bonds is 3. The van der Waals surface area contributed by atoms with E-state index in [4.69, 9.17) is 4.74 Å². The van der Waals surface area contributed by atoms with Gasteiger partial charge in [-0.15, -0.1) is 11.3 Å². The molecular formula is C11H12N2O2S. The van der Waals surface area contributed by atoms with Gasteiger partial charge in [-0.1, -0.05) is 0 Å². The average molecular weight is 236 g/mol. The monoisotopic (exact) mass is 236 g/mol. The fourth-order valence-electron chi connectivity index (χ4n) is 1.78. The van der Waals surface area contributed by atoms with Crippen molar-refractivity contribution in [1.82, 2.24) is 9.97 Å². The van der Waals surface area contributed by atoms with Gasteiger partial charge in [0.05, 0.1) is 30.9 Å². The van der Waals surface area contributed by atoms with Crippen LogP contribution in [0.15, 0.2) is 23.8 Å². The molecule has 2 aromatic heterocycles. The molecular weight excluding hydrogens is 224 g/mol. The molecule has 5 heteroatoms. The number of aromatic amines is 1. The molecule has 2 N–H and O–H groups in total. The molecule has 0 atom stereocenters. The Morgan fingerprint density at radius 1 is 1.56 bits per heavy atom. The van der Waals surface area contributed by atoms with E-state index in [2.05, 4.69) is 9.97 Å². The van der Waals surface area contributed by atoms with Crippen molar-refractivity contribution in [2.75, 3.05) is 19.8 Å². The quantitative estimate of drug-likeness (QED) is 0.847. The maximum Gasteiger partial charge on any atom is 0.125 e. The third kappa shape index (κ3) is 1.40. The number of aliphatic hydroxyl groups excluding tert-OH is 1. The van der Waals surface area contributed by atoms with E-state index in [0.29, 0.717) is 13.2 Å². The van der Waals surface area contributed by atoms with E-state index in [1.54, 1.807) is 11.3 Å². The number of H-pyrrole nitrogens is 1. The van der Waals surface area contributed by atoms with Gasteiger partial charge >= 0.3 is 0 Å². The van der Waals surface area contributed by atoms with Crippen LogP contribution in [0.5, 0.6) is 0 Å². The van der Waals surface area contributed by atoms with Gasteiger partial charge in [0.25, 0.3) is 0 Å². The first kappa shape index (κ1) is 10.0. The van der Waals surface area contributed by atoms with Crippen LogP contribution in [0.2, 0.25) is 0 Å². The Morgan fingerprint density at radius 3 is 3.00 bits per heavy atom. The number of hydrogen-bond acceptors (Lipinski definition) is 4. The van der Waals surface area contributed by atoms with Gasteiger partial charge in [0.2, 0.25) is 0 Å². The molecule has 0 aliphatic carbocycles. The summed E-state index contributed by atoms with van der Waals surface area (Å²) in [7, 11) is 0. The SMILES string of the molecule is OCC1(c2csc(-c3cc[nH]c3)n2)COC1. The smallest absolute Gasteiger partial charge is 0.125 e. The fraction of sp³-hybridized carbons (Fsp3) is 0.364. The average Bonchev–Trinajstić information content (AvgIpc) is 2.86. The molecule has 3 rings (SSSR count). The molecule has 1 aliphatic heterocycles. The number of nitrogens with one attached hydrogen (secondary N) is 1. The molecule has 3 heterocycles. The third-order valence-corrected chi connectivity index (χ3v) is 3.84. The number of aromatic nitrogens is 2. The van der Waals surface area contributed by atoms with Crippen LogP contribution in [-0.2, 0) is 10.2 Å². The first-order valence-electron chi connectivity index (χ1n) is 5.12. The Bertz CT molecular complexity index is 468. The molecule has 0 amide bonds. The van der Waals surface area contributed by atoms with E-state index >= 15 is 0 Å². The van der Waals surface area contributed by atoms with E-state index in [-0.39, 0.29) is 12.0 Å². The maximum absolute atomic E-state index is 9.41. The molecule has 1 saturated heterocycles. The van der Waals surface area contributed by atoms with Crippen LogP contribution in [0.3, 0.4) is 0 Å². The van der Waals surface area contributed by atoms with Crippen LogP contribution in [0.25, 0.3) is 10.6 Å². The van der Waals surface area contributed by atoms with Crippen LogP contribution in [-0.4, -0.2) is 34.9 Å². The number of thiazole rings is 1. The number of ether oxygens (including phenoxy) is 1. The molecule has 16 heavy (non-hydrogen) atoms. The third-order valence-electron chi connectivity index (χ3n) is 2.95. The lowest BCUT2D eigenvalue weighted by molar-refractivity contribution is -0.0859. The normalized spacial score (nSPS) is 18.3. The van der Waals surface area contributed by atoms with Gasteiger partial charge in [-0.05, 0) is 6.07 Å². The number of aliphatic hydroxyl groups is 1. The highest BCUT2D eigenvalue weighted by Crippen LogP contribution is 2.34. The molecule has 84 valence electrons. The Balaban J connectivity index is 1.93. The van der Waals surface area contributed by atoms with E-state index in [0.717, 1.165) is 16.3 Å². The minimum Gasteiger partial charge on any atom is -0.395 e. The van der Waals surface area contributed by atoms with Crippen molar-refractivity contribution >= 4 is 11.3 Å². The highest BCUT2D eigenvalue weighted by molar-refractivity contribution is 7.13. The Hall–Kier alpha value is -1.17. The zero-order valence-corrected chi connectivity index (χ0v) is 9.46. The van der Waals surface area contributed by atoms with Gasteiger partial charge in [-0.2, -0.15) is 0 Å². The lowest BCUT2D eigenvalue weighted by Crippen LogP contribution is -2.49. The predicted molar refractivity (Wildman–Crippen MR) is 61.5 cm³/mol. The molecule has 0 spiro atoms. The Kier molecular flexibility index (Phi) is 2.31. The second kappa shape index (κ2) is 3.69. The summed E-state index contributed by atoms with van der Waals surface area (Å²) in [6, 6.07) is 1.99. The van der Waals surface area contributed by atoms with Crippen LogP contribution in [0.1, 0.15) is 5.69 Å². The van der Waals surface area contributed by atoms with Crippen molar-refractivity contribution in [1.29, 1.82) is 0 Å². The molecule has 0 saturated carbocycles. The van der Waals surface area contributed by atoms with Crippen LogP contribution in [0.4, 0.5) is 0 Å². The number of nitrogens with zero attached hydrogens (tertiary/aromatic N) is 1. The summed E-state index contributed by atoms with van der Waals surface area (Å²) in [6.07, 6.45) is 3.80. The van der Waals surface area contributed by atoms with E-state index in [1.807, 2.05) is 23.8 Å². The Labute approximate surface area is 96.9 Å². The largest absolute Gasteiger partial charge is 0.395 e. The van der Waals surface area contributed by atoms with Crippen molar-refractivity contribution < 1.29 is 9.84 Å². The van der Waals surface area contributed by atoms with Crippen LogP contribution >= 0.6 is 11.3 Å². The second-order valence-corrected chi connectivity index (χ2v) is 4.93.